The van der Waals surface area contributed by atoms with Gasteiger partial charge in [-0.1, -0.05) is 32.0 Å². The van der Waals surface area contributed by atoms with Crippen LogP contribution in [0.4, 0.5) is 4.39 Å². The van der Waals surface area contributed by atoms with Crippen LogP contribution in [0.25, 0.3) is 0 Å². The highest BCUT2D eigenvalue weighted by molar-refractivity contribution is 5.23. The zero-order valence-electron chi connectivity index (χ0n) is 13.0. The van der Waals surface area contributed by atoms with Crippen LogP contribution in [0.2, 0.25) is 0 Å². The molecule has 2 nitrogen and oxygen atoms in total. The predicted octanol–water partition coefficient (Wildman–Crippen LogP) is 3.58. The Morgan fingerprint density at radius 3 is 2.50 bits per heavy atom. The summed E-state index contributed by atoms with van der Waals surface area (Å²) < 4.78 is 14.2. The zero-order valence-corrected chi connectivity index (χ0v) is 13.0. The number of halogens is 1. The maximum absolute atomic E-state index is 14.2. The van der Waals surface area contributed by atoms with E-state index in [-0.39, 0.29) is 17.9 Å². The van der Waals surface area contributed by atoms with E-state index < -0.39 is 0 Å². The fourth-order valence-electron chi connectivity index (χ4n) is 3.60. The lowest BCUT2D eigenvalue weighted by Crippen LogP contribution is -2.51. The van der Waals surface area contributed by atoms with E-state index in [0.717, 1.165) is 12.1 Å². The number of hydrogen-bond donors (Lipinski definition) is 1. The number of piperidine rings is 1. The van der Waals surface area contributed by atoms with Crippen molar-refractivity contribution in [1.29, 1.82) is 0 Å². The summed E-state index contributed by atoms with van der Waals surface area (Å²) in [5.41, 5.74) is 6.95. The molecular formula is C17H27FN2. The smallest absolute Gasteiger partial charge is 0.128 e. The Morgan fingerprint density at radius 1 is 1.25 bits per heavy atom. The number of rotatable bonds is 3. The molecule has 1 fully saturated rings. The van der Waals surface area contributed by atoms with E-state index in [9.17, 15) is 4.39 Å². The number of hydrogen-bond acceptors (Lipinski definition) is 2. The first-order chi connectivity index (χ1) is 9.41. The predicted molar refractivity (Wildman–Crippen MR) is 81.9 cm³/mol. The maximum Gasteiger partial charge on any atom is 0.128 e. The first-order valence-electron chi connectivity index (χ1n) is 7.67. The summed E-state index contributed by atoms with van der Waals surface area (Å²) in [5.74, 6) is 1.11. The molecule has 0 saturated carbocycles. The first kappa shape index (κ1) is 15.5. The summed E-state index contributed by atoms with van der Waals surface area (Å²) in [6.07, 6.45) is 1.24. The van der Waals surface area contributed by atoms with E-state index in [4.69, 9.17) is 5.73 Å². The molecule has 112 valence electrons. The van der Waals surface area contributed by atoms with Crippen LogP contribution >= 0.6 is 0 Å². The minimum absolute atomic E-state index is 0.0450. The van der Waals surface area contributed by atoms with Crippen molar-refractivity contribution in [3.05, 3.63) is 35.6 Å². The van der Waals surface area contributed by atoms with Gasteiger partial charge < -0.3 is 5.73 Å². The van der Waals surface area contributed by atoms with Gasteiger partial charge in [-0.25, -0.2) is 4.39 Å². The molecule has 2 rings (SSSR count). The van der Waals surface area contributed by atoms with Crippen molar-refractivity contribution >= 4 is 0 Å². The van der Waals surface area contributed by atoms with Crippen molar-refractivity contribution in [2.24, 2.45) is 17.6 Å². The largest absolute Gasteiger partial charge is 0.326 e. The summed E-state index contributed by atoms with van der Waals surface area (Å²) in [4.78, 5) is 2.40. The van der Waals surface area contributed by atoms with E-state index >= 15 is 0 Å². The lowest BCUT2D eigenvalue weighted by atomic mass is 9.83. The fourth-order valence-corrected chi connectivity index (χ4v) is 3.60. The molecule has 0 radical (unpaired) electrons. The van der Waals surface area contributed by atoms with Gasteiger partial charge in [0.2, 0.25) is 0 Å². The summed E-state index contributed by atoms with van der Waals surface area (Å²) in [6.45, 7) is 9.77. The van der Waals surface area contributed by atoms with Crippen LogP contribution in [0.1, 0.15) is 45.7 Å². The average molecular weight is 278 g/mol. The molecule has 2 N–H and O–H groups in total. The third-order valence-corrected chi connectivity index (χ3v) is 4.72. The molecule has 20 heavy (non-hydrogen) atoms. The van der Waals surface area contributed by atoms with Gasteiger partial charge in [0.1, 0.15) is 5.82 Å². The minimum Gasteiger partial charge on any atom is -0.326 e. The lowest BCUT2D eigenvalue weighted by molar-refractivity contribution is 0.0301. The van der Waals surface area contributed by atoms with Gasteiger partial charge in [0.05, 0.1) is 6.04 Å². The summed E-state index contributed by atoms with van der Waals surface area (Å²) in [7, 11) is 0. The standard InChI is InChI=1S/C17H27FN2/c1-11-9-12(2)14(4)20(10-11)17(13(3)19)15-7-5-6-8-16(15)18/h5-8,11-14,17H,9-10,19H2,1-4H3. The molecule has 0 aliphatic carbocycles. The summed E-state index contributed by atoms with van der Waals surface area (Å²) in [5, 5.41) is 0. The third kappa shape index (κ3) is 3.04. The molecule has 3 heteroatoms. The van der Waals surface area contributed by atoms with E-state index in [1.807, 2.05) is 19.1 Å². The van der Waals surface area contributed by atoms with Gasteiger partial charge >= 0.3 is 0 Å². The van der Waals surface area contributed by atoms with Crippen molar-refractivity contribution in [3.8, 4) is 0 Å². The molecule has 0 bridgehead atoms. The highest BCUT2D eigenvalue weighted by Gasteiger charge is 2.36. The Kier molecular flexibility index (Phi) is 4.82. The van der Waals surface area contributed by atoms with Crippen molar-refractivity contribution in [1.82, 2.24) is 4.90 Å². The van der Waals surface area contributed by atoms with Crippen LogP contribution < -0.4 is 5.73 Å². The van der Waals surface area contributed by atoms with Gasteiger partial charge in [0.25, 0.3) is 0 Å². The Bertz CT molecular complexity index is 446. The van der Waals surface area contributed by atoms with Gasteiger partial charge in [0.15, 0.2) is 0 Å². The van der Waals surface area contributed by atoms with Crippen molar-refractivity contribution in [3.63, 3.8) is 0 Å². The van der Waals surface area contributed by atoms with Gasteiger partial charge in [0, 0.05) is 24.2 Å². The van der Waals surface area contributed by atoms with Gasteiger partial charge in [-0.3, -0.25) is 4.90 Å². The Balaban J connectivity index is 2.36. The van der Waals surface area contributed by atoms with E-state index in [1.165, 1.54) is 12.5 Å². The monoisotopic (exact) mass is 278 g/mol. The van der Waals surface area contributed by atoms with E-state index in [1.54, 1.807) is 6.07 Å². The van der Waals surface area contributed by atoms with Crippen LogP contribution in [-0.2, 0) is 0 Å². The number of likely N-dealkylation sites (tertiary alicyclic amines) is 1. The molecule has 1 aliphatic rings. The molecule has 5 atom stereocenters. The summed E-state index contributed by atoms with van der Waals surface area (Å²) in [6, 6.07) is 7.34. The third-order valence-electron chi connectivity index (χ3n) is 4.72. The molecule has 5 unspecified atom stereocenters. The molecule has 1 aromatic rings. The Hall–Kier alpha value is -0.930. The van der Waals surface area contributed by atoms with Crippen LogP contribution in [-0.4, -0.2) is 23.5 Å². The second-order valence-electron chi connectivity index (χ2n) is 6.58. The first-order valence-corrected chi connectivity index (χ1v) is 7.67. The van der Waals surface area contributed by atoms with Crippen LogP contribution in [0.15, 0.2) is 24.3 Å². The second kappa shape index (κ2) is 6.23. The summed E-state index contributed by atoms with van der Waals surface area (Å²) >= 11 is 0. The number of nitrogens with zero attached hydrogens (tertiary/aromatic N) is 1. The molecule has 1 saturated heterocycles. The number of nitrogens with two attached hydrogens (primary N) is 1. The zero-order chi connectivity index (χ0) is 14.9. The highest BCUT2D eigenvalue weighted by atomic mass is 19.1. The van der Waals surface area contributed by atoms with Gasteiger partial charge in [-0.2, -0.15) is 0 Å². The van der Waals surface area contributed by atoms with Crippen molar-refractivity contribution in [2.45, 2.75) is 52.2 Å². The molecule has 1 heterocycles. The SMILES string of the molecule is CC1CC(C)C(C)N(C(c2ccccc2F)C(C)N)C1. The van der Waals surface area contributed by atoms with E-state index in [2.05, 4.69) is 25.7 Å². The van der Waals surface area contributed by atoms with Crippen molar-refractivity contribution < 1.29 is 4.39 Å². The highest BCUT2D eigenvalue weighted by Crippen LogP contribution is 2.35. The minimum atomic E-state index is -0.145. The molecule has 0 spiro atoms. The lowest BCUT2D eigenvalue weighted by Gasteiger charge is -2.46. The molecule has 1 aliphatic heterocycles. The average Bonchev–Trinajstić information content (AvgIpc) is 2.37. The topological polar surface area (TPSA) is 29.3 Å². The van der Waals surface area contributed by atoms with Crippen LogP contribution in [0, 0.1) is 17.7 Å². The maximum atomic E-state index is 14.2. The normalized spacial score (nSPS) is 31.0. The Morgan fingerprint density at radius 2 is 1.90 bits per heavy atom. The number of benzene rings is 1. The molecule has 0 amide bonds. The van der Waals surface area contributed by atoms with Crippen LogP contribution in [0.3, 0.4) is 0 Å². The van der Waals surface area contributed by atoms with Gasteiger partial charge in [-0.15, -0.1) is 0 Å². The second-order valence-corrected chi connectivity index (χ2v) is 6.58. The van der Waals surface area contributed by atoms with Crippen molar-refractivity contribution in [2.75, 3.05) is 6.54 Å². The molecule has 0 aromatic heterocycles. The molecule has 1 aromatic carbocycles. The molecular weight excluding hydrogens is 251 g/mol. The van der Waals surface area contributed by atoms with E-state index in [0.29, 0.717) is 17.9 Å². The Labute approximate surface area is 122 Å². The van der Waals surface area contributed by atoms with Gasteiger partial charge in [-0.05, 0) is 38.2 Å². The quantitative estimate of drug-likeness (QED) is 0.915. The fraction of sp³-hybridized carbons (Fsp3) is 0.647. The van der Waals surface area contributed by atoms with Crippen LogP contribution in [0.5, 0.6) is 0 Å².